The van der Waals surface area contributed by atoms with E-state index in [-0.39, 0.29) is 23.3 Å². The molecule has 2 amide bonds. The molecule has 0 spiro atoms. The Bertz CT molecular complexity index is 405. The molecule has 0 atom stereocenters. The van der Waals surface area contributed by atoms with Gasteiger partial charge >= 0.3 is 0 Å². The van der Waals surface area contributed by atoms with Gasteiger partial charge in [0.05, 0.1) is 11.5 Å². The number of carbonyl (C=O) groups is 2. The quantitative estimate of drug-likeness (QED) is 0.816. The van der Waals surface area contributed by atoms with Crippen LogP contribution in [0.4, 0.5) is 0 Å². The lowest BCUT2D eigenvalue weighted by Crippen LogP contribution is -2.61. The van der Waals surface area contributed by atoms with Gasteiger partial charge in [-0.15, -0.1) is 0 Å². The Labute approximate surface area is 120 Å². The van der Waals surface area contributed by atoms with Crippen molar-refractivity contribution in [1.29, 1.82) is 0 Å². The smallest absolute Gasteiger partial charge is 0.226 e. The molecule has 20 heavy (non-hydrogen) atoms. The molecule has 3 fully saturated rings. The Morgan fingerprint density at radius 1 is 1.15 bits per heavy atom. The number of hydrogen-bond acceptors (Lipinski definition) is 3. The van der Waals surface area contributed by atoms with Gasteiger partial charge in [-0.25, -0.2) is 0 Å². The largest absolute Gasteiger partial charge is 0.349 e. The van der Waals surface area contributed by atoms with Crippen LogP contribution in [0.1, 0.15) is 32.6 Å². The zero-order valence-electron chi connectivity index (χ0n) is 12.5. The molecule has 0 unspecified atom stereocenters. The monoisotopic (exact) mass is 279 g/mol. The van der Waals surface area contributed by atoms with Crippen molar-refractivity contribution in [3.8, 4) is 0 Å². The first-order valence-corrected chi connectivity index (χ1v) is 7.76. The summed E-state index contributed by atoms with van der Waals surface area (Å²) >= 11 is 0. The Hall–Kier alpha value is -1.10. The van der Waals surface area contributed by atoms with E-state index in [4.69, 9.17) is 0 Å². The van der Waals surface area contributed by atoms with Crippen LogP contribution in [0.3, 0.4) is 0 Å². The van der Waals surface area contributed by atoms with Crippen LogP contribution in [0.5, 0.6) is 0 Å². The summed E-state index contributed by atoms with van der Waals surface area (Å²) in [6.07, 6.45) is 4.40. The van der Waals surface area contributed by atoms with Crippen molar-refractivity contribution in [3.05, 3.63) is 0 Å². The maximum absolute atomic E-state index is 12.6. The molecule has 1 saturated carbocycles. The topological polar surface area (TPSA) is 52.7 Å². The van der Waals surface area contributed by atoms with Gasteiger partial charge in [-0.3, -0.25) is 9.59 Å². The molecule has 2 aliphatic heterocycles. The van der Waals surface area contributed by atoms with E-state index in [0.717, 1.165) is 38.8 Å². The van der Waals surface area contributed by atoms with E-state index in [2.05, 4.69) is 17.3 Å². The second-order valence-corrected chi connectivity index (χ2v) is 6.83. The van der Waals surface area contributed by atoms with E-state index in [1.165, 1.54) is 0 Å². The number of nitrogens with zero attached hydrogens (tertiary/aromatic N) is 2. The highest BCUT2D eigenvalue weighted by molar-refractivity contribution is 5.86. The third kappa shape index (κ3) is 2.43. The van der Waals surface area contributed by atoms with Gasteiger partial charge in [0.2, 0.25) is 11.8 Å². The first kappa shape index (κ1) is 13.9. The van der Waals surface area contributed by atoms with Crippen LogP contribution in [0.15, 0.2) is 0 Å². The van der Waals surface area contributed by atoms with E-state index < -0.39 is 0 Å². The zero-order valence-corrected chi connectivity index (χ0v) is 12.5. The number of nitrogens with one attached hydrogen (secondary N) is 1. The van der Waals surface area contributed by atoms with Gasteiger partial charge in [0, 0.05) is 20.0 Å². The molecule has 5 nitrogen and oxygen atoms in total. The minimum Gasteiger partial charge on any atom is -0.349 e. The van der Waals surface area contributed by atoms with E-state index in [1.54, 1.807) is 11.8 Å². The van der Waals surface area contributed by atoms with Gasteiger partial charge in [-0.05, 0) is 51.7 Å². The predicted octanol–water partition coefficient (Wildman–Crippen LogP) is 0.455. The standard InChI is InChI=1S/C15H25N3O2/c1-11(19)18-9-13(10-18)16-14(20)15(5-6-15)12-3-7-17(2)8-4-12/h12-13H,3-10H2,1-2H3,(H,16,20). The molecule has 112 valence electrons. The van der Waals surface area contributed by atoms with Crippen molar-refractivity contribution in [2.24, 2.45) is 11.3 Å². The molecular weight excluding hydrogens is 254 g/mol. The summed E-state index contributed by atoms with van der Waals surface area (Å²) in [5.74, 6) is 0.912. The van der Waals surface area contributed by atoms with Crippen molar-refractivity contribution in [3.63, 3.8) is 0 Å². The molecule has 3 rings (SSSR count). The highest BCUT2D eigenvalue weighted by Crippen LogP contribution is 2.55. The maximum Gasteiger partial charge on any atom is 0.226 e. The third-order valence-electron chi connectivity index (χ3n) is 5.40. The molecule has 1 aliphatic carbocycles. The number of rotatable bonds is 3. The van der Waals surface area contributed by atoms with Gasteiger partial charge in [0.1, 0.15) is 0 Å². The molecule has 5 heteroatoms. The van der Waals surface area contributed by atoms with Crippen LogP contribution in [0.25, 0.3) is 0 Å². The minimum absolute atomic E-state index is 0.0715. The van der Waals surface area contributed by atoms with Gasteiger partial charge in [-0.2, -0.15) is 0 Å². The molecule has 0 aromatic heterocycles. The van der Waals surface area contributed by atoms with Gasteiger partial charge in [-0.1, -0.05) is 0 Å². The summed E-state index contributed by atoms with van der Waals surface area (Å²) in [4.78, 5) is 27.8. The Morgan fingerprint density at radius 2 is 1.75 bits per heavy atom. The molecule has 2 saturated heterocycles. The zero-order chi connectivity index (χ0) is 14.3. The van der Waals surface area contributed by atoms with E-state index in [9.17, 15) is 9.59 Å². The van der Waals surface area contributed by atoms with Crippen molar-refractivity contribution in [2.45, 2.75) is 38.6 Å². The van der Waals surface area contributed by atoms with Gasteiger partial charge in [0.15, 0.2) is 0 Å². The van der Waals surface area contributed by atoms with Crippen LogP contribution in [0, 0.1) is 11.3 Å². The molecule has 1 N–H and O–H groups in total. The van der Waals surface area contributed by atoms with E-state index in [0.29, 0.717) is 19.0 Å². The summed E-state index contributed by atoms with van der Waals surface area (Å²) in [5, 5.41) is 3.17. The summed E-state index contributed by atoms with van der Waals surface area (Å²) in [6, 6.07) is 0.176. The van der Waals surface area contributed by atoms with Crippen molar-refractivity contribution in [1.82, 2.24) is 15.1 Å². The fraction of sp³-hybridized carbons (Fsp3) is 0.867. The molecule has 0 radical (unpaired) electrons. The normalized spacial score (nSPS) is 27.0. The fourth-order valence-corrected chi connectivity index (χ4v) is 3.67. The van der Waals surface area contributed by atoms with Crippen molar-refractivity contribution < 1.29 is 9.59 Å². The van der Waals surface area contributed by atoms with Crippen molar-refractivity contribution in [2.75, 3.05) is 33.2 Å². The summed E-state index contributed by atoms with van der Waals surface area (Å²) in [5.41, 5.74) is -0.0715. The Morgan fingerprint density at radius 3 is 2.25 bits per heavy atom. The molecule has 3 aliphatic rings. The molecule has 0 aromatic rings. The highest BCUT2D eigenvalue weighted by Gasteiger charge is 2.56. The lowest BCUT2D eigenvalue weighted by atomic mass is 9.80. The lowest BCUT2D eigenvalue weighted by Gasteiger charge is -2.41. The number of likely N-dealkylation sites (tertiary alicyclic amines) is 2. The van der Waals surface area contributed by atoms with Crippen LogP contribution in [0.2, 0.25) is 0 Å². The van der Waals surface area contributed by atoms with Crippen LogP contribution < -0.4 is 5.32 Å². The number of carbonyl (C=O) groups excluding carboxylic acids is 2. The predicted molar refractivity (Wildman–Crippen MR) is 76.1 cm³/mol. The lowest BCUT2D eigenvalue weighted by molar-refractivity contribution is -0.138. The number of hydrogen-bond donors (Lipinski definition) is 1. The Balaban J connectivity index is 1.51. The van der Waals surface area contributed by atoms with Crippen LogP contribution >= 0.6 is 0 Å². The molecule has 2 heterocycles. The van der Waals surface area contributed by atoms with E-state index in [1.807, 2.05) is 0 Å². The third-order valence-corrected chi connectivity index (χ3v) is 5.40. The van der Waals surface area contributed by atoms with Gasteiger partial charge in [0.25, 0.3) is 0 Å². The second-order valence-electron chi connectivity index (χ2n) is 6.83. The summed E-state index contributed by atoms with van der Waals surface area (Å²) in [6.45, 7) is 5.18. The first-order chi connectivity index (χ1) is 9.51. The second kappa shape index (κ2) is 5.02. The van der Waals surface area contributed by atoms with Crippen LogP contribution in [-0.2, 0) is 9.59 Å². The van der Waals surface area contributed by atoms with E-state index >= 15 is 0 Å². The van der Waals surface area contributed by atoms with Crippen LogP contribution in [-0.4, -0.2) is 60.9 Å². The highest BCUT2D eigenvalue weighted by atomic mass is 16.2. The molecule has 0 bridgehead atoms. The average molecular weight is 279 g/mol. The van der Waals surface area contributed by atoms with Crippen molar-refractivity contribution >= 4 is 11.8 Å². The summed E-state index contributed by atoms with van der Waals surface area (Å²) in [7, 11) is 2.15. The average Bonchev–Trinajstić information content (AvgIpc) is 3.14. The fourth-order valence-electron chi connectivity index (χ4n) is 3.67. The number of piperidine rings is 1. The molecule has 0 aromatic carbocycles. The maximum atomic E-state index is 12.6. The Kier molecular flexibility index (Phi) is 3.48. The minimum atomic E-state index is -0.0715. The number of amides is 2. The van der Waals surface area contributed by atoms with Gasteiger partial charge < -0.3 is 15.1 Å². The SMILES string of the molecule is CC(=O)N1CC(NC(=O)C2(C3CCN(C)CC3)CC2)C1. The molecular formula is C15H25N3O2. The first-order valence-electron chi connectivity index (χ1n) is 7.76. The summed E-state index contributed by atoms with van der Waals surface area (Å²) < 4.78 is 0.